The van der Waals surface area contributed by atoms with E-state index in [2.05, 4.69) is 209 Å². The van der Waals surface area contributed by atoms with Crippen molar-refractivity contribution in [3.05, 3.63) is 200 Å². The van der Waals surface area contributed by atoms with E-state index in [-0.39, 0.29) is 6.92 Å². The molecule has 9 aromatic carbocycles. The van der Waals surface area contributed by atoms with E-state index >= 15 is 0 Å². The molecule has 0 saturated carbocycles. The van der Waals surface area contributed by atoms with E-state index in [0.717, 1.165) is 72.9 Å². The van der Waals surface area contributed by atoms with Crippen LogP contribution in [0.3, 0.4) is 0 Å². The highest BCUT2D eigenvalue weighted by Crippen LogP contribution is 2.44. The maximum Gasteiger partial charge on any atom is 0.434 e. The second-order valence-corrected chi connectivity index (χ2v) is 15.6. The Kier molecular flexibility index (Phi) is 6.78. The fourth-order valence-corrected chi connectivity index (χ4v) is 9.81. The molecular formula is C54H33BN2O2. The molecule has 0 amide bonds. The largest absolute Gasteiger partial charge is 0.551 e. The molecule has 13 rings (SSSR count). The van der Waals surface area contributed by atoms with Gasteiger partial charge in [-0.05, 0) is 89.0 Å². The van der Waals surface area contributed by atoms with Gasteiger partial charge in [-0.15, -0.1) is 0 Å². The Morgan fingerprint density at radius 3 is 1.63 bits per heavy atom. The summed E-state index contributed by atoms with van der Waals surface area (Å²) in [7, 11) is 0. The Bertz CT molecular complexity index is 3430. The zero-order valence-electron chi connectivity index (χ0n) is 31.8. The zero-order chi connectivity index (χ0) is 38.6. The molecular weight excluding hydrogens is 719 g/mol. The Hall–Kier alpha value is -7.76. The molecule has 5 heteroatoms. The number of para-hydroxylation sites is 6. The van der Waals surface area contributed by atoms with Gasteiger partial charge in [0.25, 0.3) is 0 Å². The van der Waals surface area contributed by atoms with Crippen LogP contribution in [-0.4, -0.2) is 16.0 Å². The Morgan fingerprint density at radius 2 is 0.932 bits per heavy atom. The van der Waals surface area contributed by atoms with Gasteiger partial charge in [0.1, 0.15) is 17.2 Å². The standard InChI is InChI=1S/C54H33BN2O2/c1-7-22-46(57-49-25-10-4-19-41(49)42-20-5-11-26-50(42)57)38(16-1)35-28-29-45-52(32-35)58-53-33-36(31-44-43-21-6-12-27-51(43)59-55(45)54(44)53)34-14-13-15-37(30-34)56-47-23-8-2-17-39(47)40-18-3-9-24-48(40)56/h1-33H. The van der Waals surface area contributed by atoms with Gasteiger partial charge in [0.05, 0.1) is 27.8 Å². The normalized spacial score (nSPS) is 12.6. The van der Waals surface area contributed by atoms with Crippen LogP contribution in [0.5, 0.6) is 17.2 Å². The van der Waals surface area contributed by atoms with Crippen molar-refractivity contribution in [1.29, 1.82) is 0 Å². The fourth-order valence-electron chi connectivity index (χ4n) is 9.81. The van der Waals surface area contributed by atoms with Crippen molar-refractivity contribution < 1.29 is 9.39 Å². The minimum absolute atomic E-state index is 0.307. The molecule has 0 saturated heterocycles. The van der Waals surface area contributed by atoms with Gasteiger partial charge in [-0.3, -0.25) is 0 Å². The lowest BCUT2D eigenvalue weighted by Gasteiger charge is -2.33. The first-order valence-electron chi connectivity index (χ1n) is 20.2. The van der Waals surface area contributed by atoms with Crippen LogP contribution in [0.15, 0.2) is 200 Å². The summed E-state index contributed by atoms with van der Waals surface area (Å²) < 4.78 is 18.7. The third kappa shape index (κ3) is 4.73. The van der Waals surface area contributed by atoms with Gasteiger partial charge >= 0.3 is 6.92 Å². The van der Waals surface area contributed by atoms with Crippen molar-refractivity contribution in [1.82, 2.24) is 9.13 Å². The number of benzene rings is 9. The average Bonchev–Trinajstić information content (AvgIpc) is 3.82. The summed E-state index contributed by atoms with van der Waals surface area (Å²) in [5, 5.41) is 4.98. The first kappa shape index (κ1) is 32.3. The number of rotatable bonds is 4. The highest BCUT2D eigenvalue weighted by molar-refractivity contribution is 6.84. The topological polar surface area (TPSA) is 28.3 Å². The maximum absolute atomic E-state index is 7.06. The first-order valence-corrected chi connectivity index (χ1v) is 20.2. The number of hydrogen-bond acceptors (Lipinski definition) is 2. The monoisotopic (exact) mass is 752 g/mol. The Balaban J connectivity index is 0.967. The van der Waals surface area contributed by atoms with E-state index < -0.39 is 0 Å². The number of hydrogen-bond donors (Lipinski definition) is 0. The molecule has 59 heavy (non-hydrogen) atoms. The van der Waals surface area contributed by atoms with Crippen molar-refractivity contribution in [3.63, 3.8) is 0 Å². The van der Waals surface area contributed by atoms with Crippen LogP contribution in [0.2, 0.25) is 0 Å². The van der Waals surface area contributed by atoms with Crippen LogP contribution < -0.4 is 20.3 Å². The second-order valence-electron chi connectivity index (χ2n) is 15.6. The van der Waals surface area contributed by atoms with E-state index in [1.165, 1.54) is 43.6 Å². The quantitative estimate of drug-likeness (QED) is 0.168. The molecule has 0 bridgehead atoms. The van der Waals surface area contributed by atoms with Gasteiger partial charge in [-0.1, -0.05) is 133 Å². The molecule has 2 aliphatic rings. The molecule has 2 aliphatic heterocycles. The molecule has 0 atom stereocenters. The smallest absolute Gasteiger partial charge is 0.434 e. The van der Waals surface area contributed by atoms with Crippen LogP contribution in [0.1, 0.15) is 0 Å². The highest BCUT2D eigenvalue weighted by Gasteiger charge is 2.41. The number of fused-ring (bicyclic) bond motifs is 10. The summed E-state index contributed by atoms with van der Waals surface area (Å²) in [4.78, 5) is 0. The number of aromatic nitrogens is 2. The number of ether oxygens (including phenoxy) is 1. The first-order chi connectivity index (χ1) is 29.3. The lowest BCUT2D eigenvalue weighted by atomic mass is 9.50. The SMILES string of the molecule is c1cc(-c2cc3c4c(c2)-c2ccccc2OB4c2ccc(-c4ccccc4-n4c5ccccc5c5ccccc54)cc2O3)cc(-n2c3ccccc3c3ccccc32)c1. The summed E-state index contributed by atoms with van der Waals surface area (Å²) >= 11 is 0. The maximum atomic E-state index is 7.06. The highest BCUT2D eigenvalue weighted by atomic mass is 16.5. The van der Waals surface area contributed by atoms with Crippen LogP contribution in [0.25, 0.3) is 88.4 Å². The molecule has 4 heterocycles. The van der Waals surface area contributed by atoms with Gasteiger partial charge in [0, 0.05) is 49.3 Å². The minimum Gasteiger partial charge on any atom is -0.551 e. The van der Waals surface area contributed by atoms with Crippen LogP contribution >= 0.6 is 0 Å². The predicted octanol–water partition coefficient (Wildman–Crippen LogP) is 12.5. The zero-order valence-corrected chi connectivity index (χ0v) is 31.8. The van der Waals surface area contributed by atoms with Crippen molar-refractivity contribution in [3.8, 4) is 62.0 Å². The van der Waals surface area contributed by atoms with E-state index in [0.29, 0.717) is 0 Å². The Labute approximate surface area is 340 Å². The summed E-state index contributed by atoms with van der Waals surface area (Å²) in [5.74, 6) is 2.50. The molecule has 0 N–H and O–H groups in total. The second kappa shape index (κ2) is 12.4. The molecule has 0 radical (unpaired) electrons. The summed E-state index contributed by atoms with van der Waals surface area (Å²) in [6, 6.07) is 71.7. The molecule has 11 aromatic rings. The van der Waals surface area contributed by atoms with Crippen molar-refractivity contribution in [2.45, 2.75) is 0 Å². The summed E-state index contributed by atoms with van der Waals surface area (Å²) in [6.45, 7) is -0.307. The third-order valence-corrected chi connectivity index (χ3v) is 12.4. The molecule has 0 fully saturated rings. The van der Waals surface area contributed by atoms with E-state index in [1.807, 2.05) is 0 Å². The van der Waals surface area contributed by atoms with Gasteiger partial charge in [0.15, 0.2) is 0 Å². The van der Waals surface area contributed by atoms with E-state index in [9.17, 15) is 0 Å². The van der Waals surface area contributed by atoms with Gasteiger partial charge in [-0.2, -0.15) is 0 Å². The predicted molar refractivity (Wildman–Crippen MR) is 244 cm³/mol. The van der Waals surface area contributed by atoms with Crippen LogP contribution in [-0.2, 0) is 0 Å². The molecule has 0 spiro atoms. The summed E-state index contributed by atoms with van der Waals surface area (Å²) in [6.07, 6.45) is 0. The molecule has 0 aliphatic carbocycles. The van der Waals surface area contributed by atoms with Crippen LogP contribution in [0, 0.1) is 0 Å². The van der Waals surface area contributed by atoms with Gasteiger partial charge in [0.2, 0.25) is 0 Å². The van der Waals surface area contributed by atoms with Crippen molar-refractivity contribution in [2.24, 2.45) is 0 Å². The lowest BCUT2D eigenvalue weighted by Crippen LogP contribution is -2.53. The van der Waals surface area contributed by atoms with E-state index in [1.54, 1.807) is 0 Å². The molecule has 0 unspecified atom stereocenters. The van der Waals surface area contributed by atoms with Crippen LogP contribution in [0.4, 0.5) is 0 Å². The Morgan fingerprint density at radius 1 is 0.356 bits per heavy atom. The van der Waals surface area contributed by atoms with Crippen molar-refractivity contribution in [2.75, 3.05) is 0 Å². The van der Waals surface area contributed by atoms with Gasteiger partial charge < -0.3 is 18.5 Å². The van der Waals surface area contributed by atoms with Gasteiger partial charge in [-0.25, -0.2) is 0 Å². The summed E-state index contributed by atoms with van der Waals surface area (Å²) in [5.41, 5.74) is 15.7. The molecule has 274 valence electrons. The molecule has 4 nitrogen and oxygen atoms in total. The average molecular weight is 753 g/mol. The third-order valence-electron chi connectivity index (χ3n) is 12.4. The lowest BCUT2D eigenvalue weighted by molar-refractivity contribution is 0.480. The number of nitrogens with zero attached hydrogens (tertiary/aromatic N) is 2. The van der Waals surface area contributed by atoms with E-state index in [4.69, 9.17) is 9.39 Å². The minimum atomic E-state index is -0.307. The van der Waals surface area contributed by atoms with Crippen molar-refractivity contribution >= 4 is 61.5 Å². The molecule has 2 aromatic heterocycles. The fraction of sp³-hybridized carbons (Fsp3) is 0.